The SMILES string of the molecule is CCOC(=O)/C=C/[C@H](Cc1ccccc1)N(Cc1ccccc1)C(=O)/C=C/C(C)=NO. The van der Waals surface area contributed by atoms with E-state index in [0.29, 0.717) is 18.7 Å². The van der Waals surface area contributed by atoms with Gasteiger partial charge in [0.15, 0.2) is 0 Å². The number of hydrogen-bond acceptors (Lipinski definition) is 5. The molecule has 2 aromatic carbocycles. The van der Waals surface area contributed by atoms with Gasteiger partial charge in [0.25, 0.3) is 0 Å². The standard InChI is InChI=1S/C25H28N2O4/c1-3-31-25(29)17-15-23(18-21-10-6-4-7-11-21)27(19-22-12-8-5-9-13-22)24(28)16-14-20(2)26-30/h4-17,23,30H,3,18-19H2,1-2H3/b16-14+,17-15+,26-20?/t23-/m1/s1. The average molecular weight is 421 g/mol. The maximum Gasteiger partial charge on any atom is 0.330 e. The van der Waals surface area contributed by atoms with Gasteiger partial charge in [0.05, 0.1) is 18.4 Å². The lowest BCUT2D eigenvalue weighted by Crippen LogP contribution is -2.39. The topological polar surface area (TPSA) is 79.2 Å². The predicted molar refractivity (Wildman–Crippen MR) is 121 cm³/mol. The Kier molecular flexibility index (Phi) is 9.75. The lowest BCUT2D eigenvalue weighted by atomic mass is 10.0. The molecule has 1 atom stereocenters. The highest BCUT2D eigenvalue weighted by Gasteiger charge is 2.21. The van der Waals surface area contributed by atoms with Crippen molar-refractivity contribution in [2.24, 2.45) is 5.16 Å². The van der Waals surface area contributed by atoms with Gasteiger partial charge in [0.2, 0.25) is 5.91 Å². The third kappa shape index (κ3) is 8.30. The molecule has 2 aromatic rings. The molecule has 0 aliphatic rings. The normalized spacial score (nSPS) is 12.8. The van der Waals surface area contributed by atoms with Crippen molar-refractivity contribution in [3.05, 3.63) is 96.1 Å². The molecule has 1 amide bonds. The molecule has 0 spiro atoms. The number of carbonyl (C=O) groups is 2. The fraction of sp³-hybridized carbons (Fsp3) is 0.240. The molecule has 0 radical (unpaired) electrons. The molecule has 162 valence electrons. The van der Waals surface area contributed by atoms with Crippen molar-refractivity contribution in [1.29, 1.82) is 0 Å². The van der Waals surface area contributed by atoms with Gasteiger partial charge in [0.1, 0.15) is 0 Å². The van der Waals surface area contributed by atoms with Crippen molar-refractivity contribution in [3.8, 4) is 0 Å². The molecule has 6 nitrogen and oxygen atoms in total. The summed E-state index contributed by atoms with van der Waals surface area (Å²) < 4.78 is 5.01. The number of ether oxygens (including phenoxy) is 1. The van der Waals surface area contributed by atoms with E-state index in [1.54, 1.807) is 24.8 Å². The summed E-state index contributed by atoms with van der Waals surface area (Å²) in [5, 5.41) is 12.0. The second-order valence-electron chi connectivity index (χ2n) is 6.89. The number of esters is 1. The molecule has 31 heavy (non-hydrogen) atoms. The third-order valence-electron chi connectivity index (χ3n) is 4.53. The number of benzene rings is 2. The molecule has 0 bridgehead atoms. The molecule has 0 aliphatic heterocycles. The lowest BCUT2D eigenvalue weighted by Gasteiger charge is -2.29. The molecule has 0 saturated carbocycles. The Bertz CT molecular complexity index is 921. The summed E-state index contributed by atoms with van der Waals surface area (Å²) in [5.74, 6) is -0.715. The fourth-order valence-electron chi connectivity index (χ4n) is 2.98. The Morgan fingerprint density at radius 3 is 2.19 bits per heavy atom. The molecular formula is C25H28N2O4. The van der Waals surface area contributed by atoms with E-state index in [2.05, 4.69) is 5.16 Å². The quantitative estimate of drug-likeness (QED) is 0.206. The molecule has 1 N–H and O–H groups in total. The molecule has 2 rings (SSSR count). The Morgan fingerprint density at radius 2 is 1.61 bits per heavy atom. The predicted octanol–water partition coefficient (Wildman–Crippen LogP) is 4.15. The van der Waals surface area contributed by atoms with Crippen LogP contribution in [0.15, 0.2) is 90.1 Å². The van der Waals surface area contributed by atoms with Crippen molar-refractivity contribution in [1.82, 2.24) is 4.90 Å². The molecule has 0 fully saturated rings. The van der Waals surface area contributed by atoms with Crippen LogP contribution in [-0.2, 0) is 27.3 Å². The Balaban J connectivity index is 2.39. The molecule has 0 unspecified atom stereocenters. The third-order valence-corrected chi connectivity index (χ3v) is 4.53. The largest absolute Gasteiger partial charge is 0.463 e. The minimum atomic E-state index is -0.452. The molecule has 0 aliphatic carbocycles. The molecular weight excluding hydrogens is 392 g/mol. The highest BCUT2D eigenvalue weighted by Crippen LogP contribution is 2.16. The van der Waals surface area contributed by atoms with Crippen molar-refractivity contribution in [2.75, 3.05) is 6.61 Å². The summed E-state index contributed by atoms with van der Waals surface area (Å²) in [4.78, 5) is 26.7. The van der Waals surface area contributed by atoms with Gasteiger partial charge in [-0.1, -0.05) is 71.9 Å². The zero-order valence-electron chi connectivity index (χ0n) is 17.8. The zero-order valence-corrected chi connectivity index (χ0v) is 17.8. The van der Waals surface area contributed by atoms with Crippen molar-refractivity contribution < 1.29 is 19.5 Å². The summed E-state index contributed by atoms with van der Waals surface area (Å²) in [6.45, 7) is 3.97. The zero-order chi connectivity index (χ0) is 22.5. The summed E-state index contributed by atoms with van der Waals surface area (Å²) >= 11 is 0. The van der Waals surface area contributed by atoms with Crippen LogP contribution in [0, 0.1) is 0 Å². The van der Waals surface area contributed by atoms with Crippen molar-refractivity contribution in [2.45, 2.75) is 32.9 Å². The smallest absolute Gasteiger partial charge is 0.330 e. The maximum atomic E-state index is 13.1. The first-order chi connectivity index (χ1) is 15.0. The highest BCUT2D eigenvalue weighted by molar-refractivity contribution is 5.99. The van der Waals surface area contributed by atoms with Gasteiger partial charge < -0.3 is 14.8 Å². The van der Waals surface area contributed by atoms with Crippen LogP contribution in [0.1, 0.15) is 25.0 Å². The van der Waals surface area contributed by atoms with E-state index < -0.39 is 12.0 Å². The Hall–Kier alpha value is -3.67. The number of carbonyl (C=O) groups excluding carboxylic acids is 2. The van der Waals surface area contributed by atoms with Gasteiger partial charge in [-0.25, -0.2) is 4.79 Å². The van der Waals surface area contributed by atoms with Crippen LogP contribution in [0.3, 0.4) is 0 Å². The van der Waals surface area contributed by atoms with Crippen LogP contribution in [0.5, 0.6) is 0 Å². The first-order valence-electron chi connectivity index (χ1n) is 10.1. The summed E-state index contributed by atoms with van der Waals surface area (Å²) in [6, 6.07) is 19.0. The Labute approximate surface area is 183 Å². The number of oxime groups is 1. The van der Waals surface area contributed by atoms with E-state index in [-0.39, 0.29) is 12.5 Å². The number of hydrogen-bond donors (Lipinski definition) is 1. The van der Waals surface area contributed by atoms with Crippen LogP contribution in [0.2, 0.25) is 0 Å². The second-order valence-corrected chi connectivity index (χ2v) is 6.89. The van der Waals surface area contributed by atoms with E-state index in [1.165, 1.54) is 18.2 Å². The van der Waals surface area contributed by atoms with Gasteiger partial charge >= 0.3 is 5.97 Å². The number of rotatable bonds is 10. The lowest BCUT2D eigenvalue weighted by molar-refractivity contribution is -0.137. The van der Waals surface area contributed by atoms with Crippen LogP contribution in [0.4, 0.5) is 0 Å². The molecule has 6 heteroatoms. The minimum Gasteiger partial charge on any atom is -0.463 e. The van der Waals surface area contributed by atoms with Gasteiger partial charge in [-0.15, -0.1) is 0 Å². The van der Waals surface area contributed by atoms with E-state index in [1.807, 2.05) is 60.7 Å². The molecule has 0 saturated heterocycles. The summed E-state index contributed by atoms with van der Waals surface area (Å²) in [6.07, 6.45) is 6.42. The van der Waals surface area contributed by atoms with E-state index >= 15 is 0 Å². The monoisotopic (exact) mass is 420 g/mol. The van der Waals surface area contributed by atoms with Crippen LogP contribution in [0.25, 0.3) is 0 Å². The molecule has 0 aromatic heterocycles. The summed E-state index contributed by atoms with van der Waals surface area (Å²) in [7, 11) is 0. The van der Waals surface area contributed by atoms with Crippen molar-refractivity contribution in [3.63, 3.8) is 0 Å². The minimum absolute atomic E-state index is 0.263. The van der Waals surface area contributed by atoms with E-state index in [0.717, 1.165) is 11.1 Å². The fourth-order valence-corrected chi connectivity index (χ4v) is 2.98. The average Bonchev–Trinajstić information content (AvgIpc) is 2.80. The number of allylic oxidation sites excluding steroid dienone is 1. The van der Waals surface area contributed by atoms with E-state index in [4.69, 9.17) is 9.94 Å². The van der Waals surface area contributed by atoms with Gasteiger partial charge in [0, 0.05) is 18.7 Å². The highest BCUT2D eigenvalue weighted by atomic mass is 16.5. The van der Waals surface area contributed by atoms with Gasteiger partial charge in [-0.2, -0.15) is 0 Å². The van der Waals surface area contributed by atoms with Crippen LogP contribution < -0.4 is 0 Å². The first kappa shape index (κ1) is 23.6. The summed E-state index contributed by atoms with van der Waals surface area (Å²) in [5.41, 5.74) is 2.30. The Morgan fingerprint density at radius 1 is 1.00 bits per heavy atom. The van der Waals surface area contributed by atoms with E-state index in [9.17, 15) is 9.59 Å². The number of nitrogens with zero attached hydrogens (tertiary/aromatic N) is 2. The van der Waals surface area contributed by atoms with Crippen LogP contribution in [-0.4, -0.2) is 40.3 Å². The van der Waals surface area contributed by atoms with Crippen molar-refractivity contribution >= 4 is 17.6 Å². The number of amides is 1. The van der Waals surface area contributed by atoms with Gasteiger partial charge in [-0.3, -0.25) is 4.79 Å². The van der Waals surface area contributed by atoms with Crippen LogP contribution >= 0.6 is 0 Å². The van der Waals surface area contributed by atoms with Gasteiger partial charge in [-0.05, 0) is 37.5 Å². The maximum absolute atomic E-state index is 13.1. The first-order valence-corrected chi connectivity index (χ1v) is 10.1. The second kappa shape index (κ2) is 12.8. The molecule has 0 heterocycles.